The molecule has 2 heterocycles. The third-order valence-corrected chi connectivity index (χ3v) is 4.27. The zero-order valence-electron chi connectivity index (χ0n) is 11.3. The Kier molecular flexibility index (Phi) is 2.57. The van der Waals surface area contributed by atoms with Gasteiger partial charge in [-0.15, -0.1) is 0 Å². The van der Waals surface area contributed by atoms with Gasteiger partial charge in [0.05, 0.1) is 18.6 Å². The van der Waals surface area contributed by atoms with Crippen LogP contribution in [0.4, 0.5) is 0 Å². The van der Waals surface area contributed by atoms with Crippen LogP contribution in [0.15, 0.2) is 22.7 Å². The van der Waals surface area contributed by atoms with Gasteiger partial charge in [-0.1, -0.05) is 17.3 Å². The van der Waals surface area contributed by atoms with Crippen molar-refractivity contribution in [3.8, 4) is 5.75 Å². The van der Waals surface area contributed by atoms with E-state index in [1.165, 1.54) is 11.1 Å². The predicted octanol–water partition coefficient (Wildman–Crippen LogP) is 1.93. The average Bonchev–Trinajstić information content (AvgIpc) is 3.04. The van der Waals surface area contributed by atoms with Crippen LogP contribution in [-0.2, 0) is 18.4 Å². The molecule has 1 aliphatic carbocycles. The van der Waals surface area contributed by atoms with Crippen molar-refractivity contribution in [2.24, 2.45) is 5.73 Å². The van der Waals surface area contributed by atoms with E-state index in [1.807, 2.05) is 6.07 Å². The Morgan fingerprint density at radius 3 is 3.00 bits per heavy atom. The lowest BCUT2D eigenvalue weighted by atomic mass is 9.77. The minimum absolute atomic E-state index is 0.354. The summed E-state index contributed by atoms with van der Waals surface area (Å²) in [5, 5.41) is 4.04. The molecule has 1 aromatic carbocycles. The Labute approximate surface area is 117 Å². The summed E-state index contributed by atoms with van der Waals surface area (Å²) in [7, 11) is 0. The first-order valence-electron chi connectivity index (χ1n) is 7.09. The molecule has 0 spiro atoms. The van der Waals surface area contributed by atoms with Crippen molar-refractivity contribution in [2.45, 2.75) is 37.6 Å². The largest absolute Gasteiger partial charge is 0.493 e. The Hall–Kier alpha value is -1.88. The van der Waals surface area contributed by atoms with E-state index in [0.29, 0.717) is 18.1 Å². The predicted molar refractivity (Wildman–Crippen MR) is 72.5 cm³/mol. The van der Waals surface area contributed by atoms with Crippen molar-refractivity contribution in [1.82, 2.24) is 10.1 Å². The highest BCUT2D eigenvalue weighted by molar-refractivity contribution is 5.40. The van der Waals surface area contributed by atoms with Crippen LogP contribution in [0.1, 0.15) is 42.1 Å². The van der Waals surface area contributed by atoms with Crippen LogP contribution in [0, 0.1) is 0 Å². The number of hydrogen-bond acceptors (Lipinski definition) is 5. The molecular weight excluding hydrogens is 254 g/mol. The molecule has 1 fully saturated rings. The monoisotopic (exact) mass is 271 g/mol. The molecule has 104 valence electrons. The van der Waals surface area contributed by atoms with Crippen LogP contribution in [0.3, 0.4) is 0 Å². The Morgan fingerprint density at radius 2 is 2.20 bits per heavy atom. The summed E-state index contributed by atoms with van der Waals surface area (Å²) >= 11 is 0. The molecule has 1 aliphatic heterocycles. The second-order valence-electron chi connectivity index (χ2n) is 5.74. The van der Waals surface area contributed by atoms with Crippen LogP contribution < -0.4 is 10.5 Å². The van der Waals surface area contributed by atoms with Gasteiger partial charge in [0.15, 0.2) is 5.82 Å². The number of fused-ring (bicyclic) bond motifs is 1. The summed E-state index contributed by atoms with van der Waals surface area (Å²) < 4.78 is 10.8. The fourth-order valence-electron chi connectivity index (χ4n) is 2.83. The van der Waals surface area contributed by atoms with E-state index in [1.54, 1.807) is 0 Å². The van der Waals surface area contributed by atoms with E-state index >= 15 is 0 Å². The van der Waals surface area contributed by atoms with Crippen LogP contribution in [0.5, 0.6) is 5.75 Å². The number of benzene rings is 1. The van der Waals surface area contributed by atoms with E-state index < -0.39 is 0 Å². The van der Waals surface area contributed by atoms with Crippen LogP contribution in [-0.4, -0.2) is 16.7 Å². The van der Waals surface area contributed by atoms with Gasteiger partial charge in [-0.05, 0) is 36.5 Å². The molecule has 20 heavy (non-hydrogen) atoms. The minimum Gasteiger partial charge on any atom is -0.493 e. The molecule has 5 nitrogen and oxygen atoms in total. The van der Waals surface area contributed by atoms with E-state index in [9.17, 15) is 0 Å². The summed E-state index contributed by atoms with van der Waals surface area (Å²) in [4.78, 5) is 4.46. The van der Waals surface area contributed by atoms with E-state index in [0.717, 1.165) is 38.0 Å². The number of aromatic nitrogens is 2. The molecule has 4 rings (SSSR count). The highest BCUT2D eigenvalue weighted by Gasteiger charge is 2.38. The maximum atomic E-state index is 6.20. The molecular formula is C15H17N3O2. The van der Waals surface area contributed by atoms with Gasteiger partial charge in [0.1, 0.15) is 5.75 Å². The molecule has 2 aliphatic rings. The molecule has 0 atom stereocenters. The van der Waals surface area contributed by atoms with Gasteiger partial charge in [0, 0.05) is 6.42 Å². The number of rotatable bonds is 3. The van der Waals surface area contributed by atoms with Gasteiger partial charge in [0.2, 0.25) is 5.89 Å². The fourth-order valence-corrected chi connectivity index (χ4v) is 2.83. The van der Waals surface area contributed by atoms with Gasteiger partial charge < -0.3 is 15.0 Å². The standard InChI is InChI=1S/C15H17N3O2/c16-15(5-1-6-15)14-17-13(20-18-14)9-10-2-3-12-11(8-10)4-7-19-12/h2-3,8H,1,4-7,9,16H2. The van der Waals surface area contributed by atoms with Crippen molar-refractivity contribution >= 4 is 0 Å². The molecule has 0 saturated heterocycles. The van der Waals surface area contributed by atoms with Gasteiger partial charge in [0.25, 0.3) is 0 Å². The van der Waals surface area contributed by atoms with Crippen molar-refractivity contribution in [1.29, 1.82) is 0 Å². The topological polar surface area (TPSA) is 74.2 Å². The Bertz CT molecular complexity index is 646. The second kappa shape index (κ2) is 4.31. The summed E-state index contributed by atoms with van der Waals surface area (Å²) in [5.74, 6) is 2.29. The first-order chi connectivity index (χ1) is 9.73. The zero-order chi connectivity index (χ0) is 13.6. The number of ether oxygens (including phenoxy) is 1. The van der Waals surface area contributed by atoms with Crippen LogP contribution in [0.2, 0.25) is 0 Å². The quantitative estimate of drug-likeness (QED) is 0.923. The molecule has 5 heteroatoms. The lowest BCUT2D eigenvalue weighted by Crippen LogP contribution is -2.44. The third kappa shape index (κ3) is 1.89. The number of nitrogens with zero attached hydrogens (tertiary/aromatic N) is 2. The smallest absolute Gasteiger partial charge is 0.231 e. The molecule has 0 unspecified atom stereocenters. The van der Waals surface area contributed by atoms with E-state index in [2.05, 4.69) is 22.3 Å². The molecule has 0 radical (unpaired) electrons. The summed E-state index contributed by atoms with van der Waals surface area (Å²) in [6, 6.07) is 6.23. The average molecular weight is 271 g/mol. The molecule has 1 aromatic heterocycles. The molecule has 2 aromatic rings. The van der Waals surface area contributed by atoms with Gasteiger partial charge in [-0.25, -0.2) is 0 Å². The van der Waals surface area contributed by atoms with E-state index in [4.69, 9.17) is 15.0 Å². The molecule has 2 N–H and O–H groups in total. The molecule has 0 amide bonds. The lowest BCUT2D eigenvalue weighted by Gasteiger charge is -2.34. The van der Waals surface area contributed by atoms with E-state index in [-0.39, 0.29) is 5.54 Å². The SMILES string of the molecule is NC1(c2noc(Cc3ccc4c(c3)CCO4)n2)CCC1. The Morgan fingerprint density at radius 1 is 1.30 bits per heavy atom. The van der Waals surface area contributed by atoms with Gasteiger partial charge >= 0.3 is 0 Å². The van der Waals surface area contributed by atoms with Crippen molar-refractivity contribution in [2.75, 3.05) is 6.61 Å². The number of hydrogen-bond donors (Lipinski definition) is 1. The van der Waals surface area contributed by atoms with Crippen LogP contribution >= 0.6 is 0 Å². The first kappa shape index (κ1) is 11.9. The fraction of sp³-hybridized carbons (Fsp3) is 0.467. The Balaban J connectivity index is 1.54. The second-order valence-corrected chi connectivity index (χ2v) is 5.74. The third-order valence-electron chi connectivity index (χ3n) is 4.27. The summed E-state index contributed by atoms with van der Waals surface area (Å²) in [6.45, 7) is 0.777. The normalized spacial score (nSPS) is 19.2. The lowest BCUT2D eigenvalue weighted by molar-refractivity contribution is 0.229. The molecule has 1 saturated carbocycles. The van der Waals surface area contributed by atoms with Gasteiger partial charge in [-0.2, -0.15) is 4.98 Å². The van der Waals surface area contributed by atoms with Crippen molar-refractivity contribution in [3.63, 3.8) is 0 Å². The summed E-state index contributed by atoms with van der Waals surface area (Å²) in [6.07, 6.45) is 4.66. The zero-order valence-corrected chi connectivity index (χ0v) is 11.3. The van der Waals surface area contributed by atoms with Gasteiger partial charge in [-0.3, -0.25) is 0 Å². The minimum atomic E-state index is -0.354. The van der Waals surface area contributed by atoms with Crippen molar-refractivity contribution in [3.05, 3.63) is 41.0 Å². The van der Waals surface area contributed by atoms with Crippen LogP contribution in [0.25, 0.3) is 0 Å². The highest BCUT2D eigenvalue weighted by Crippen LogP contribution is 2.37. The maximum absolute atomic E-state index is 6.20. The highest BCUT2D eigenvalue weighted by atomic mass is 16.5. The maximum Gasteiger partial charge on any atom is 0.231 e. The first-order valence-corrected chi connectivity index (χ1v) is 7.09. The molecule has 0 bridgehead atoms. The number of nitrogens with two attached hydrogens (primary N) is 1. The van der Waals surface area contributed by atoms with Crippen molar-refractivity contribution < 1.29 is 9.26 Å². The summed E-state index contributed by atoms with van der Waals surface area (Å²) in [5.41, 5.74) is 8.28.